The summed E-state index contributed by atoms with van der Waals surface area (Å²) >= 11 is 0. The normalized spacial score (nSPS) is 10.1. The van der Waals surface area contributed by atoms with Crippen molar-refractivity contribution < 1.29 is 9.53 Å². The van der Waals surface area contributed by atoms with Gasteiger partial charge in [-0.3, -0.25) is 0 Å². The van der Waals surface area contributed by atoms with Gasteiger partial charge in [-0.05, 0) is 12.1 Å². The molecule has 0 bridgehead atoms. The molecule has 0 unspecified atom stereocenters. The maximum atomic E-state index is 10.8. The fourth-order valence-electron chi connectivity index (χ4n) is 1.20. The fourth-order valence-corrected chi connectivity index (χ4v) is 1.20. The summed E-state index contributed by atoms with van der Waals surface area (Å²) in [6.45, 7) is 3.35. The zero-order chi connectivity index (χ0) is 10.7. The summed E-state index contributed by atoms with van der Waals surface area (Å²) in [5.41, 5.74) is 1.60. The van der Waals surface area contributed by atoms with Gasteiger partial charge in [-0.15, -0.1) is 5.10 Å². The molecule has 1 aromatic carbocycles. The minimum absolute atomic E-state index is 0.0470. The van der Waals surface area contributed by atoms with Crippen molar-refractivity contribution in [3.8, 4) is 0 Å². The Morgan fingerprint density at radius 3 is 3.13 bits per heavy atom. The van der Waals surface area contributed by atoms with Gasteiger partial charge in [0.25, 0.3) is 0 Å². The molecular formula is C10H9N3O2. The molecule has 0 aliphatic heterocycles. The molecule has 0 spiro atoms. The predicted molar refractivity (Wildman–Crippen MR) is 53.8 cm³/mol. The van der Waals surface area contributed by atoms with Crippen LogP contribution in [0.5, 0.6) is 0 Å². The molecule has 0 N–H and O–H groups in total. The van der Waals surface area contributed by atoms with E-state index < -0.39 is 5.97 Å². The van der Waals surface area contributed by atoms with E-state index in [4.69, 9.17) is 4.74 Å². The van der Waals surface area contributed by atoms with Crippen LogP contribution in [-0.4, -0.2) is 21.0 Å². The molecule has 0 radical (unpaired) electrons. The molecule has 5 nitrogen and oxygen atoms in total. The molecule has 5 heteroatoms. The number of rotatable bonds is 3. The van der Waals surface area contributed by atoms with Crippen LogP contribution in [-0.2, 0) is 16.3 Å². The van der Waals surface area contributed by atoms with E-state index in [1.165, 1.54) is 4.68 Å². The van der Waals surface area contributed by atoms with E-state index in [-0.39, 0.29) is 6.73 Å². The minimum atomic E-state index is -0.477. The summed E-state index contributed by atoms with van der Waals surface area (Å²) in [5, 5.41) is 7.77. The summed E-state index contributed by atoms with van der Waals surface area (Å²) in [5.74, 6) is -0.477. The molecule has 0 aliphatic rings. The molecule has 0 atom stereocenters. The van der Waals surface area contributed by atoms with Crippen LogP contribution >= 0.6 is 0 Å². The van der Waals surface area contributed by atoms with Gasteiger partial charge >= 0.3 is 5.97 Å². The lowest BCUT2D eigenvalue weighted by Crippen LogP contribution is -2.08. The SMILES string of the molecule is C=CC(=O)OCn1nnc2ccccc21. The second kappa shape index (κ2) is 3.91. The van der Waals surface area contributed by atoms with Gasteiger partial charge in [0, 0.05) is 6.08 Å². The maximum Gasteiger partial charge on any atom is 0.331 e. The van der Waals surface area contributed by atoms with Crippen LogP contribution in [0.25, 0.3) is 11.0 Å². The molecule has 2 rings (SSSR count). The van der Waals surface area contributed by atoms with Gasteiger partial charge in [0.1, 0.15) is 5.52 Å². The van der Waals surface area contributed by atoms with E-state index in [1.54, 1.807) is 0 Å². The monoisotopic (exact) mass is 203 g/mol. The number of ether oxygens (including phenoxy) is 1. The Kier molecular flexibility index (Phi) is 2.45. The Labute approximate surface area is 86.0 Å². The Morgan fingerprint density at radius 1 is 1.53 bits per heavy atom. The average molecular weight is 203 g/mol. The van der Waals surface area contributed by atoms with Crippen LogP contribution in [0, 0.1) is 0 Å². The molecule has 0 saturated heterocycles. The number of nitrogens with zero attached hydrogens (tertiary/aromatic N) is 3. The number of esters is 1. The lowest BCUT2D eigenvalue weighted by molar-refractivity contribution is -0.141. The van der Waals surface area contributed by atoms with Crippen molar-refractivity contribution in [3.63, 3.8) is 0 Å². The van der Waals surface area contributed by atoms with E-state index >= 15 is 0 Å². The highest BCUT2D eigenvalue weighted by Crippen LogP contribution is 2.09. The molecule has 15 heavy (non-hydrogen) atoms. The van der Waals surface area contributed by atoms with Crippen molar-refractivity contribution in [2.45, 2.75) is 6.73 Å². The number of hydrogen-bond donors (Lipinski definition) is 0. The van der Waals surface area contributed by atoms with E-state index in [1.807, 2.05) is 24.3 Å². The van der Waals surface area contributed by atoms with Crippen LogP contribution in [0.3, 0.4) is 0 Å². The molecule has 0 amide bonds. The number of aromatic nitrogens is 3. The summed E-state index contributed by atoms with van der Waals surface area (Å²) in [7, 11) is 0. The topological polar surface area (TPSA) is 57.0 Å². The van der Waals surface area contributed by atoms with E-state index in [0.29, 0.717) is 0 Å². The van der Waals surface area contributed by atoms with Crippen molar-refractivity contribution in [1.29, 1.82) is 0 Å². The molecule has 0 aliphatic carbocycles. The van der Waals surface area contributed by atoms with Crippen LogP contribution in [0.2, 0.25) is 0 Å². The zero-order valence-electron chi connectivity index (χ0n) is 7.96. The van der Waals surface area contributed by atoms with E-state index in [2.05, 4.69) is 16.9 Å². The standard InChI is InChI=1S/C10H9N3O2/c1-2-10(14)15-7-13-9-6-4-3-5-8(9)11-12-13/h2-6H,1,7H2. The van der Waals surface area contributed by atoms with Crippen LogP contribution in [0.15, 0.2) is 36.9 Å². The number of benzene rings is 1. The molecule has 1 aromatic heterocycles. The van der Waals surface area contributed by atoms with Crippen molar-refractivity contribution in [1.82, 2.24) is 15.0 Å². The molecule has 0 saturated carbocycles. The molecule has 76 valence electrons. The van der Waals surface area contributed by atoms with Gasteiger partial charge in [-0.2, -0.15) is 0 Å². The zero-order valence-corrected chi connectivity index (χ0v) is 7.96. The number of hydrogen-bond acceptors (Lipinski definition) is 4. The third-order valence-corrected chi connectivity index (χ3v) is 1.92. The number of fused-ring (bicyclic) bond motifs is 1. The largest absolute Gasteiger partial charge is 0.439 e. The highest BCUT2D eigenvalue weighted by molar-refractivity contribution is 5.81. The number of para-hydroxylation sites is 1. The first-order valence-corrected chi connectivity index (χ1v) is 4.38. The van der Waals surface area contributed by atoms with E-state index in [9.17, 15) is 4.79 Å². The highest BCUT2D eigenvalue weighted by atomic mass is 16.5. The summed E-state index contributed by atoms with van der Waals surface area (Å²) in [6, 6.07) is 7.44. The lowest BCUT2D eigenvalue weighted by Gasteiger charge is -2.01. The molecular weight excluding hydrogens is 194 g/mol. The van der Waals surface area contributed by atoms with Gasteiger partial charge < -0.3 is 4.74 Å². The highest BCUT2D eigenvalue weighted by Gasteiger charge is 2.04. The fraction of sp³-hybridized carbons (Fsp3) is 0.100. The van der Waals surface area contributed by atoms with Crippen molar-refractivity contribution in [3.05, 3.63) is 36.9 Å². The number of carbonyl (C=O) groups excluding carboxylic acids is 1. The van der Waals surface area contributed by atoms with Crippen molar-refractivity contribution >= 4 is 17.0 Å². The van der Waals surface area contributed by atoms with Crippen molar-refractivity contribution in [2.24, 2.45) is 0 Å². The Balaban J connectivity index is 2.21. The average Bonchev–Trinajstić information content (AvgIpc) is 2.69. The van der Waals surface area contributed by atoms with Gasteiger partial charge in [0.15, 0.2) is 6.73 Å². The summed E-state index contributed by atoms with van der Waals surface area (Å²) < 4.78 is 6.36. The Bertz CT molecular complexity index is 504. The third-order valence-electron chi connectivity index (χ3n) is 1.92. The molecule has 2 aromatic rings. The first kappa shape index (κ1) is 9.39. The van der Waals surface area contributed by atoms with Gasteiger partial charge in [0.05, 0.1) is 5.52 Å². The minimum Gasteiger partial charge on any atom is -0.439 e. The second-order valence-electron chi connectivity index (χ2n) is 2.87. The van der Waals surface area contributed by atoms with Gasteiger partial charge in [-0.1, -0.05) is 23.9 Å². The predicted octanol–water partition coefficient (Wildman–Crippen LogP) is 1.12. The summed E-state index contributed by atoms with van der Waals surface area (Å²) in [4.78, 5) is 10.8. The van der Waals surface area contributed by atoms with Crippen molar-refractivity contribution in [2.75, 3.05) is 0 Å². The lowest BCUT2D eigenvalue weighted by atomic mass is 10.3. The summed E-state index contributed by atoms with van der Waals surface area (Å²) in [6.07, 6.45) is 1.11. The maximum absolute atomic E-state index is 10.8. The third kappa shape index (κ3) is 1.85. The second-order valence-corrected chi connectivity index (χ2v) is 2.87. The van der Waals surface area contributed by atoms with Crippen LogP contribution in [0.1, 0.15) is 0 Å². The Hall–Kier alpha value is -2.17. The van der Waals surface area contributed by atoms with Gasteiger partial charge in [-0.25, -0.2) is 9.48 Å². The van der Waals surface area contributed by atoms with Crippen LogP contribution < -0.4 is 0 Å². The Morgan fingerprint density at radius 2 is 2.33 bits per heavy atom. The smallest absolute Gasteiger partial charge is 0.331 e. The van der Waals surface area contributed by atoms with Crippen LogP contribution in [0.4, 0.5) is 0 Å². The van der Waals surface area contributed by atoms with E-state index in [0.717, 1.165) is 17.1 Å². The first-order valence-electron chi connectivity index (χ1n) is 4.38. The quantitative estimate of drug-likeness (QED) is 0.554. The first-order chi connectivity index (χ1) is 7.31. The molecule has 0 fully saturated rings. The number of carbonyl (C=O) groups is 1. The molecule has 1 heterocycles. The van der Waals surface area contributed by atoms with Gasteiger partial charge in [0.2, 0.25) is 0 Å².